The van der Waals surface area contributed by atoms with Gasteiger partial charge in [-0.3, -0.25) is 4.79 Å². The van der Waals surface area contributed by atoms with Gasteiger partial charge in [0.2, 0.25) is 5.75 Å². The summed E-state index contributed by atoms with van der Waals surface area (Å²) in [6.45, 7) is 1.17. The molecule has 0 aliphatic carbocycles. The Balaban J connectivity index is 2.78. The number of likely N-dealkylation sites (N-methyl/N-ethyl adjacent to an activating group) is 1. The van der Waals surface area contributed by atoms with Gasteiger partial charge in [0.15, 0.2) is 0 Å². The number of hydrazine groups is 1. The molecule has 15 heavy (non-hydrogen) atoms. The fraction of sp³-hybridized carbons (Fsp3) is 0.444. The third-order valence-corrected chi connectivity index (χ3v) is 1.92. The molecule has 0 aliphatic rings. The van der Waals surface area contributed by atoms with E-state index in [0.29, 0.717) is 13.1 Å². The molecule has 1 rings (SSSR count). The first-order valence-electron chi connectivity index (χ1n) is 4.49. The summed E-state index contributed by atoms with van der Waals surface area (Å²) >= 11 is 0. The summed E-state index contributed by atoms with van der Waals surface area (Å²) in [4.78, 5) is 13.3. The Labute approximate surface area is 87.5 Å². The molecule has 0 atom stereocenters. The van der Waals surface area contributed by atoms with Crippen molar-refractivity contribution in [2.75, 3.05) is 32.2 Å². The third kappa shape index (κ3) is 2.97. The van der Waals surface area contributed by atoms with E-state index in [1.54, 1.807) is 0 Å². The van der Waals surface area contributed by atoms with Gasteiger partial charge < -0.3 is 19.4 Å². The van der Waals surface area contributed by atoms with Gasteiger partial charge in [-0.25, -0.2) is 5.84 Å². The van der Waals surface area contributed by atoms with Gasteiger partial charge >= 0.3 is 0 Å². The van der Waals surface area contributed by atoms with E-state index in [9.17, 15) is 4.79 Å². The van der Waals surface area contributed by atoms with Gasteiger partial charge in [0.1, 0.15) is 18.2 Å². The van der Waals surface area contributed by atoms with Crippen molar-refractivity contribution in [3.63, 3.8) is 0 Å². The minimum Gasteiger partial charge on any atom is -0.502 e. The van der Waals surface area contributed by atoms with Gasteiger partial charge in [-0.05, 0) is 14.1 Å². The highest BCUT2D eigenvalue weighted by molar-refractivity contribution is 5.44. The van der Waals surface area contributed by atoms with Crippen LogP contribution in [0, 0.1) is 0 Å². The van der Waals surface area contributed by atoms with Crippen LogP contribution in [0.3, 0.4) is 0 Å². The van der Waals surface area contributed by atoms with Crippen molar-refractivity contribution in [3.05, 3.63) is 22.7 Å². The number of aromatic hydroxyl groups is 1. The highest BCUT2D eigenvalue weighted by Gasteiger charge is 2.10. The molecule has 0 saturated carbocycles. The Kier molecular flexibility index (Phi) is 3.70. The van der Waals surface area contributed by atoms with E-state index in [-0.39, 0.29) is 5.69 Å². The SMILES string of the molecule is CN(C)CCN(N)c1cocc(O)c1=O. The van der Waals surface area contributed by atoms with Crippen molar-refractivity contribution in [2.24, 2.45) is 5.84 Å². The summed E-state index contributed by atoms with van der Waals surface area (Å²) in [5.74, 6) is 5.21. The first kappa shape index (κ1) is 11.5. The van der Waals surface area contributed by atoms with E-state index in [2.05, 4.69) is 0 Å². The molecule has 0 bridgehead atoms. The van der Waals surface area contributed by atoms with Crippen molar-refractivity contribution in [2.45, 2.75) is 0 Å². The maximum Gasteiger partial charge on any atom is 0.251 e. The maximum absolute atomic E-state index is 11.4. The number of rotatable bonds is 4. The van der Waals surface area contributed by atoms with Crippen LogP contribution in [0.25, 0.3) is 0 Å². The second-order valence-corrected chi connectivity index (χ2v) is 3.47. The molecular weight excluding hydrogens is 198 g/mol. The summed E-state index contributed by atoms with van der Waals surface area (Å²) in [5, 5.41) is 10.4. The molecule has 6 nitrogen and oxygen atoms in total. The van der Waals surface area contributed by atoms with Gasteiger partial charge in [0.05, 0.1) is 0 Å². The van der Waals surface area contributed by atoms with Crippen LogP contribution in [0.15, 0.2) is 21.7 Å². The Hall–Kier alpha value is -1.53. The Morgan fingerprint density at radius 3 is 2.67 bits per heavy atom. The lowest BCUT2D eigenvalue weighted by Gasteiger charge is -2.19. The predicted octanol–water partition coefficient (Wildman–Crippen LogP) is -0.413. The second-order valence-electron chi connectivity index (χ2n) is 3.47. The first-order valence-corrected chi connectivity index (χ1v) is 4.49. The molecule has 6 heteroatoms. The van der Waals surface area contributed by atoms with E-state index in [0.717, 1.165) is 6.26 Å². The van der Waals surface area contributed by atoms with Crippen molar-refractivity contribution in [3.8, 4) is 5.75 Å². The van der Waals surface area contributed by atoms with E-state index < -0.39 is 11.2 Å². The van der Waals surface area contributed by atoms with Crippen LogP contribution in [0.4, 0.5) is 5.69 Å². The Morgan fingerprint density at radius 1 is 1.40 bits per heavy atom. The fourth-order valence-electron chi connectivity index (χ4n) is 1.03. The van der Waals surface area contributed by atoms with Gasteiger partial charge in [-0.2, -0.15) is 0 Å². The quantitative estimate of drug-likeness (QED) is 0.522. The van der Waals surface area contributed by atoms with Gasteiger partial charge in [-0.15, -0.1) is 0 Å². The normalized spacial score (nSPS) is 10.7. The zero-order chi connectivity index (χ0) is 11.4. The number of nitrogens with two attached hydrogens (primary N) is 1. The standard InChI is InChI=1S/C9H15N3O3/c1-11(2)3-4-12(10)7-5-15-6-8(13)9(7)14/h5-6,13H,3-4,10H2,1-2H3. The average Bonchev–Trinajstić information content (AvgIpc) is 2.18. The van der Waals surface area contributed by atoms with E-state index in [1.807, 2.05) is 19.0 Å². The van der Waals surface area contributed by atoms with Gasteiger partial charge in [0, 0.05) is 13.1 Å². The van der Waals surface area contributed by atoms with Crippen LogP contribution >= 0.6 is 0 Å². The van der Waals surface area contributed by atoms with Crippen LogP contribution in [0.5, 0.6) is 5.75 Å². The molecular formula is C9H15N3O3. The monoisotopic (exact) mass is 213 g/mol. The number of nitrogens with zero attached hydrogens (tertiary/aromatic N) is 2. The lowest BCUT2D eigenvalue weighted by atomic mass is 10.4. The number of anilines is 1. The molecule has 0 amide bonds. The van der Waals surface area contributed by atoms with Crippen LogP contribution < -0.4 is 16.3 Å². The van der Waals surface area contributed by atoms with E-state index in [1.165, 1.54) is 11.3 Å². The van der Waals surface area contributed by atoms with Crippen LogP contribution in [-0.4, -0.2) is 37.2 Å². The smallest absolute Gasteiger partial charge is 0.251 e. The third-order valence-electron chi connectivity index (χ3n) is 1.92. The largest absolute Gasteiger partial charge is 0.502 e. The number of hydrogen-bond acceptors (Lipinski definition) is 6. The molecule has 84 valence electrons. The first-order chi connectivity index (χ1) is 7.02. The highest BCUT2D eigenvalue weighted by Crippen LogP contribution is 2.09. The summed E-state index contributed by atoms with van der Waals surface area (Å²) < 4.78 is 4.76. The zero-order valence-electron chi connectivity index (χ0n) is 8.80. The summed E-state index contributed by atoms with van der Waals surface area (Å²) in [6, 6.07) is 0. The van der Waals surface area contributed by atoms with Gasteiger partial charge in [0.25, 0.3) is 5.43 Å². The fourth-order valence-corrected chi connectivity index (χ4v) is 1.03. The molecule has 0 fully saturated rings. The van der Waals surface area contributed by atoms with E-state index >= 15 is 0 Å². The molecule has 0 aliphatic heterocycles. The topological polar surface area (TPSA) is 82.9 Å². The minimum absolute atomic E-state index is 0.150. The average molecular weight is 213 g/mol. The molecule has 0 saturated heterocycles. The molecule has 1 heterocycles. The molecule has 1 aromatic heterocycles. The van der Waals surface area contributed by atoms with E-state index in [4.69, 9.17) is 15.4 Å². The maximum atomic E-state index is 11.4. The van der Waals surface area contributed by atoms with Crippen LogP contribution in [-0.2, 0) is 0 Å². The highest BCUT2D eigenvalue weighted by atomic mass is 16.3. The molecule has 1 aromatic rings. The predicted molar refractivity (Wildman–Crippen MR) is 56.7 cm³/mol. The van der Waals surface area contributed by atoms with Crippen LogP contribution in [0.1, 0.15) is 0 Å². The summed E-state index contributed by atoms with van der Waals surface area (Å²) in [6.07, 6.45) is 2.20. The van der Waals surface area contributed by atoms with Gasteiger partial charge in [-0.1, -0.05) is 0 Å². The summed E-state index contributed by atoms with van der Waals surface area (Å²) in [5.41, 5.74) is -0.376. The van der Waals surface area contributed by atoms with Crippen molar-refractivity contribution < 1.29 is 9.52 Å². The Morgan fingerprint density at radius 2 is 2.07 bits per heavy atom. The lowest BCUT2D eigenvalue weighted by Crippen LogP contribution is -2.39. The minimum atomic E-state index is -0.525. The van der Waals surface area contributed by atoms with Crippen LogP contribution in [0.2, 0.25) is 0 Å². The molecule has 0 aromatic carbocycles. The Bertz CT molecular complexity index is 375. The molecule has 0 radical (unpaired) electrons. The van der Waals surface area contributed by atoms with Crippen molar-refractivity contribution in [1.82, 2.24) is 4.90 Å². The zero-order valence-corrected chi connectivity index (χ0v) is 8.80. The summed E-state index contributed by atoms with van der Waals surface area (Å²) in [7, 11) is 3.80. The second kappa shape index (κ2) is 4.81. The van der Waals surface area contributed by atoms with Crippen molar-refractivity contribution >= 4 is 5.69 Å². The molecule has 0 spiro atoms. The van der Waals surface area contributed by atoms with Crippen molar-refractivity contribution in [1.29, 1.82) is 0 Å². The molecule has 0 unspecified atom stereocenters. The number of hydrogen-bond donors (Lipinski definition) is 2. The lowest BCUT2D eigenvalue weighted by molar-refractivity contribution is 0.409. The molecule has 3 N–H and O–H groups in total.